The van der Waals surface area contributed by atoms with Crippen molar-refractivity contribution in [1.82, 2.24) is 0 Å². The zero-order valence-corrected chi connectivity index (χ0v) is 11.3. The molecule has 19 heavy (non-hydrogen) atoms. The van der Waals surface area contributed by atoms with Crippen LogP contribution in [0, 0.1) is 5.92 Å². The summed E-state index contributed by atoms with van der Waals surface area (Å²) in [4.78, 5) is 12.3. The summed E-state index contributed by atoms with van der Waals surface area (Å²) in [5.74, 6) is -0.142. The minimum absolute atomic E-state index is 0.0275. The maximum Gasteiger partial charge on any atom is 0.229 e. The highest BCUT2D eigenvalue weighted by molar-refractivity contribution is 5.93. The fraction of sp³-hybridized carbons (Fsp3) is 0.533. The largest absolute Gasteiger partial charge is 0.389 e. The van der Waals surface area contributed by atoms with Crippen LogP contribution in [0.5, 0.6) is 0 Å². The Kier molecular flexibility index (Phi) is 4.56. The number of hydrogen-bond acceptors (Lipinski definition) is 3. The average Bonchev–Trinajstić information content (AvgIpc) is 2.39. The van der Waals surface area contributed by atoms with Crippen LogP contribution in [0.4, 0.5) is 5.69 Å². The van der Waals surface area contributed by atoms with E-state index in [0.717, 1.165) is 31.2 Å². The zero-order chi connectivity index (χ0) is 13.8. The Morgan fingerprint density at radius 3 is 2.74 bits per heavy atom. The molecule has 4 nitrogen and oxygen atoms in total. The number of aliphatic hydroxyl groups excluding tert-OH is 1. The van der Waals surface area contributed by atoms with Gasteiger partial charge in [-0.1, -0.05) is 31.0 Å². The number of amides is 1. The van der Waals surface area contributed by atoms with Crippen LogP contribution in [0.1, 0.15) is 44.3 Å². The smallest absolute Gasteiger partial charge is 0.229 e. The van der Waals surface area contributed by atoms with Crippen molar-refractivity contribution in [3.8, 4) is 0 Å². The number of rotatable bonds is 3. The molecular formula is C15H22N2O2. The summed E-state index contributed by atoms with van der Waals surface area (Å²) < 4.78 is 0. The standard InChI is InChI=1S/C15H22N2O2/c1-10(18)11-6-3-5-9-14(11)17-15(19)12-7-2-4-8-13(12)16/h3,5-6,9-10,12-13,18H,2,4,7-8,16H2,1H3,(H,17,19). The van der Waals surface area contributed by atoms with E-state index in [1.54, 1.807) is 6.92 Å². The topological polar surface area (TPSA) is 75.3 Å². The van der Waals surface area contributed by atoms with E-state index < -0.39 is 6.10 Å². The molecule has 4 heteroatoms. The Morgan fingerprint density at radius 1 is 1.37 bits per heavy atom. The molecule has 1 aliphatic carbocycles. The lowest BCUT2D eigenvalue weighted by Crippen LogP contribution is -2.40. The second kappa shape index (κ2) is 6.17. The number of benzene rings is 1. The molecule has 1 aromatic carbocycles. The maximum atomic E-state index is 12.3. The summed E-state index contributed by atoms with van der Waals surface area (Å²) in [5.41, 5.74) is 7.44. The molecule has 104 valence electrons. The highest BCUT2D eigenvalue weighted by atomic mass is 16.3. The lowest BCUT2D eigenvalue weighted by atomic mass is 9.84. The van der Waals surface area contributed by atoms with E-state index in [4.69, 9.17) is 5.73 Å². The molecule has 1 saturated carbocycles. The molecule has 0 aliphatic heterocycles. The molecule has 0 bridgehead atoms. The summed E-state index contributed by atoms with van der Waals surface area (Å²) in [7, 11) is 0. The van der Waals surface area contributed by atoms with Gasteiger partial charge in [-0.15, -0.1) is 0 Å². The normalized spacial score (nSPS) is 24.8. The summed E-state index contributed by atoms with van der Waals surface area (Å²) >= 11 is 0. The van der Waals surface area contributed by atoms with Crippen LogP contribution in [0.3, 0.4) is 0 Å². The van der Waals surface area contributed by atoms with Gasteiger partial charge in [-0.25, -0.2) is 0 Å². The van der Waals surface area contributed by atoms with Gasteiger partial charge in [-0.2, -0.15) is 0 Å². The molecule has 3 unspecified atom stereocenters. The second-order valence-electron chi connectivity index (χ2n) is 5.31. The number of carbonyl (C=O) groups excluding carboxylic acids is 1. The first-order valence-corrected chi connectivity index (χ1v) is 6.93. The molecular weight excluding hydrogens is 240 g/mol. The van der Waals surface area contributed by atoms with Crippen LogP contribution in [0.25, 0.3) is 0 Å². The number of anilines is 1. The number of hydrogen-bond donors (Lipinski definition) is 3. The lowest BCUT2D eigenvalue weighted by molar-refractivity contribution is -0.121. The third-order valence-corrected chi connectivity index (χ3v) is 3.82. The summed E-state index contributed by atoms with van der Waals surface area (Å²) in [6.45, 7) is 1.69. The van der Waals surface area contributed by atoms with Crippen molar-refractivity contribution in [2.45, 2.75) is 44.8 Å². The van der Waals surface area contributed by atoms with Gasteiger partial charge in [-0.05, 0) is 25.8 Å². The predicted molar refractivity (Wildman–Crippen MR) is 75.6 cm³/mol. The van der Waals surface area contributed by atoms with Gasteiger partial charge in [0.15, 0.2) is 0 Å². The predicted octanol–water partition coefficient (Wildman–Crippen LogP) is 2.20. The van der Waals surface area contributed by atoms with Crippen molar-refractivity contribution < 1.29 is 9.90 Å². The van der Waals surface area contributed by atoms with Crippen LogP contribution in [0.15, 0.2) is 24.3 Å². The molecule has 0 heterocycles. The van der Waals surface area contributed by atoms with Gasteiger partial charge in [0.2, 0.25) is 5.91 Å². The zero-order valence-electron chi connectivity index (χ0n) is 11.3. The Balaban J connectivity index is 2.10. The van der Waals surface area contributed by atoms with Crippen LogP contribution in [-0.2, 0) is 4.79 Å². The van der Waals surface area contributed by atoms with Crippen LogP contribution in [0.2, 0.25) is 0 Å². The third kappa shape index (κ3) is 3.33. The second-order valence-corrected chi connectivity index (χ2v) is 5.31. The fourth-order valence-electron chi connectivity index (χ4n) is 2.69. The summed E-state index contributed by atoms with van der Waals surface area (Å²) in [5, 5.41) is 12.6. The van der Waals surface area contributed by atoms with Gasteiger partial charge in [0, 0.05) is 17.3 Å². The lowest BCUT2D eigenvalue weighted by Gasteiger charge is -2.27. The molecule has 1 fully saturated rings. The molecule has 0 aromatic heterocycles. The summed E-state index contributed by atoms with van der Waals surface area (Å²) in [6, 6.07) is 7.29. The molecule has 2 rings (SSSR count). The number of nitrogens with one attached hydrogen (secondary N) is 1. The monoisotopic (exact) mass is 262 g/mol. The van der Waals surface area contributed by atoms with E-state index in [9.17, 15) is 9.90 Å². The SMILES string of the molecule is CC(O)c1ccccc1NC(=O)C1CCCCC1N. The molecule has 3 atom stereocenters. The van der Waals surface area contributed by atoms with E-state index in [1.165, 1.54) is 0 Å². The average molecular weight is 262 g/mol. The van der Waals surface area contributed by atoms with Crippen molar-refractivity contribution in [1.29, 1.82) is 0 Å². The first-order chi connectivity index (χ1) is 9.09. The van der Waals surface area contributed by atoms with Gasteiger partial charge in [-0.3, -0.25) is 4.79 Å². The van der Waals surface area contributed by atoms with Crippen LogP contribution < -0.4 is 11.1 Å². The van der Waals surface area contributed by atoms with E-state index in [-0.39, 0.29) is 17.9 Å². The van der Waals surface area contributed by atoms with E-state index in [0.29, 0.717) is 5.69 Å². The Bertz CT molecular complexity index is 446. The first kappa shape index (κ1) is 14.0. The number of aliphatic hydroxyl groups is 1. The highest BCUT2D eigenvalue weighted by Gasteiger charge is 2.28. The Morgan fingerprint density at radius 2 is 2.05 bits per heavy atom. The number of nitrogens with two attached hydrogens (primary N) is 1. The minimum atomic E-state index is -0.600. The van der Waals surface area contributed by atoms with Crippen molar-refractivity contribution >= 4 is 11.6 Å². The number of carbonyl (C=O) groups is 1. The molecule has 0 radical (unpaired) electrons. The fourth-order valence-corrected chi connectivity index (χ4v) is 2.69. The van der Waals surface area contributed by atoms with Gasteiger partial charge >= 0.3 is 0 Å². The van der Waals surface area contributed by atoms with Crippen molar-refractivity contribution in [3.63, 3.8) is 0 Å². The van der Waals surface area contributed by atoms with Gasteiger partial charge in [0.25, 0.3) is 0 Å². The Labute approximate surface area is 114 Å². The van der Waals surface area contributed by atoms with Gasteiger partial charge in [0.1, 0.15) is 0 Å². The molecule has 1 aromatic rings. The van der Waals surface area contributed by atoms with Gasteiger partial charge in [0.05, 0.1) is 12.0 Å². The molecule has 1 aliphatic rings. The van der Waals surface area contributed by atoms with Crippen molar-refractivity contribution in [2.75, 3.05) is 5.32 Å². The van der Waals surface area contributed by atoms with Crippen LogP contribution in [-0.4, -0.2) is 17.1 Å². The first-order valence-electron chi connectivity index (χ1n) is 6.93. The van der Waals surface area contributed by atoms with E-state index in [1.807, 2.05) is 24.3 Å². The molecule has 4 N–H and O–H groups in total. The van der Waals surface area contributed by atoms with E-state index >= 15 is 0 Å². The third-order valence-electron chi connectivity index (χ3n) is 3.82. The Hall–Kier alpha value is -1.39. The van der Waals surface area contributed by atoms with Crippen molar-refractivity contribution in [2.24, 2.45) is 11.7 Å². The summed E-state index contributed by atoms with van der Waals surface area (Å²) in [6.07, 6.45) is 3.33. The van der Waals surface area contributed by atoms with Crippen LogP contribution >= 0.6 is 0 Å². The van der Waals surface area contributed by atoms with E-state index in [2.05, 4.69) is 5.32 Å². The van der Waals surface area contributed by atoms with Crippen molar-refractivity contribution in [3.05, 3.63) is 29.8 Å². The molecule has 1 amide bonds. The molecule has 0 spiro atoms. The highest BCUT2D eigenvalue weighted by Crippen LogP contribution is 2.27. The minimum Gasteiger partial charge on any atom is -0.389 e. The maximum absolute atomic E-state index is 12.3. The number of para-hydroxylation sites is 1. The molecule has 0 saturated heterocycles. The quantitative estimate of drug-likeness (QED) is 0.781. The van der Waals surface area contributed by atoms with Gasteiger partial charge < -0.3 is 16.2 Å².